The summed E-state index contributed by atoms with van der Waals surface area (Å²) in [5.74, 6) is 0.918. The Bertz CT molecular complexity index is 751. The van der Waals surface area contributed by atoms with E-state index in [-0.39, 0.29) is 5.91 Å². The predicted octanol–water partition coefficient (Wildman–Crippen LogP) is 4.86. The fourth-order valence-electron chi connectivity index (χ4n) is 3.59. The fourth-order valence-corrected chi connectivity index (χ4v) is 3.59. The quantitative estimate of drug-likeness (QED) is 0.711. The van der Waals surface area contributed by atoms with Crippen molar-refractivity contribution in [3.63, 3.8) is 0 Å². The number of rotatable bonds is 7. The Hall–Kier alpha value is -2.33. The molecular formula is C23H29NO3. The van der Waals surface area contributed by atoms with E-state index in [9.17, 15) is 4.79 Å². The molecule has 0 radical (unpaired) electrons. The van der Waals surface area contributed by atoms with Crippen molar-refractivity contribution in [2.75, 3.05) is 25.1 Å². The number of ether oxygens (including phenoxy) is 2. The van der Waals surface area contributed by atoms with Crippen LogP contribution in [0.3, 0.4) is 0 Å². The lowest BCUT2D eigenvalue weighted by molar-refractivity contribution is -0.125. The zero-order chi connectivity index (χ0) is 19.1. The number of amides is 1. The van der Waals surface area contributed by atoms with Crippen molar-refractivity contribution < 1.29 is 14.3 Å². The molecule has 0 bridgehead atoms. The molecule has 144 valence electrons. The number of hydrogen-bond donors (Lipinski definition) is 1. The highest BCUT2D eigenvalue weighted by molar-refractivity contribution is 5.99. The Morgan fingerprint density at radius 2 is 1.89 bits per heavy atom. The van der Waals surface area contributed by atoms with Gasteiger partial charge in [-0.2, -0.15) is 0 Å². The molecule has 0 unspecified atom stereocenters. The van der Waals surface area contributed by atoms with Gasteiger partial charge in [0.05, 0.1) is 12.0 Å². The number of carbonyl (C=O) groups excluding carboxylic acids is 1. The van der Waals surface area contributed by atoms with Crippen molar-refractivity contribution in [2.45, 2.75) is 44.9 Å². The van der Waals surface area contributed by atoms with Gasteiger partial charge < -0.3 is 14.8 Å². The smallest absolute Gasteiger partial charge is 0.235 e. The zero-order valence-electron chi connectivity index (χ0n) is 16.3. The summed E-state index contributed by atoms with van der Waals surface area (Å²) in [5, 5.41) is 3.14. The highest BCUT2D eigenvalue weighted by Gasteiger charge is 2.41. The van der Waals surface area contributed by atoms with Crippen LogP contribution >= 0.6 is 0 Å². The molecule has 1 N–H and O–H groups in total. The van der Waals surface area contributed by atoms with Gasteiger partial charge in [-0.15, -0.1) is 0 Å². The Morgan fingerprint density at radius 3 is 2.56 bits per heavy atom. The molecule has 0 aromatic heterocycles. The first-order valence-electron chi connectivity index (χ1n) is 9.84. The van der Waals surface area contributed by atoms with Gasteiger partial charge in [0, 0.05) is 18.9 Å². The Morgan fingerprint density at radius 1 is 1.15 bits per heavy atom. The van der Waals surface area contributed by atoms with Gasteiger partial charge in [-0.25, -0.2) is 0 Å². The van der Waals surface area contributed by atoms with Gasteiger partial charge in [0.15, 0.2) is 0 Å². The summed E-state index contributed by atoms with van der Waals surface area (Å²) in [6.07, 6.45) is 3.54. The number of anilines is 1. The summed E-state index contributed by atoms with van der Waals surface area (Å²) in [4.78, 5) is 13.3. The van der Waals surface area contributed by atoms with Crippen molar-refractivity contribution in [1.82, 2.24) is 0 Å². The number of unbranched alkanes of at least 4 members (excludes halogenated alkanes) is 1. The van der Waals surface area contributed by atoms with E-state index < -0.39 is 5.41 Å². The second-order valence-electron chi connectivity index (χ2n) is 7.20. The fraction of sp³-hybridized carbons (Fsp3) is 0.435. The summed E-state index contributed by atoms with van der Waals surface area (Å²) < 4.78 is 11.3. The maximum Gasteiger partial charge on any atom is 0.235 e. The maximum atomic E-state index is 13.3. The molecular weight excluding hydrogens is 338 g/mol. The molecule has 1 amide bonds. The molecule has 1 fully saturated rings. The van der Waals surface area contributed by atoms with Crippen LogP contribution in [-0.2, 0) is 14.9 Å². The number of nitrogens with one attached hydrogen (secondary N) is 1. The van der Waals surface area contributed by atoms with Crippen molar-refractivity contribution in [3.05, 3.63) is 59.7 Å². The molecule has 4 nitrogen and oxygen atoms in total. The molecule has 0 aliphatic carbocycles. The minimum absolute atomic E-state index is 0.0380. The molecule has 27 heavy (non-hydrogen) atoms. The van der Waals surface area contributed by atoms with Gasteiger partial charge >= 0.3 is 0 Å². The van der Waals surface area contributed by atoms with Crippen molar-refractivity contribution in [3.8, 4) is 5.75 Å². The number of hydrogen-bond acceptors (Lipinski definition) is 3. The van der Waals surface area contributed by atoms with Gasteiger partial charge in [-0.1, -0.05) is 43.7 Å². The number of aryl methyl sites for hydroxylation is 1. The lowest BCUT2D eigenvalue weighted by Gasteiger charge is -2.36. The van der Waals surface area contributed by atoms with Crippen LogP contribution in [0.15, 0.2) is 48.5 Å². The number of benzene rings is 2. The SMILES string of the molecule is CCCCOc1ccc(NC(=O)C2(c3ccccc3)CCOCC2)cc1C. The van der Waals surface area contributed by atoms with Crippen LogP contribution in [-0.4, -0.2) is 25.7 Å². The topological polar surface area (TPSA) is 47.6 Å². The van der Waals surface area contributed by atoms with E-state index in [4.69, 9.17) is 9.47 Å². The highest BCUT2D eigenvalue weighted by atomic mass is 16.5. The normalized spacial score (nSPS) is 15.9. The van der Waals surface area contributed by atoms with E-state index in [1.807, 2.05) is 55.5 Å². The van der Waals surface area contributed by atoms with E-state index in [0.717, 1.165) is 42.0 Å². The van der Waals surface area contributed by atoms with Crippen LogP contribution in [0.25, 0.3) is 0 Å². The lowest BCUT2D eigenvalue weighted by Crippen LogP contribution is -2.44. The van der Waals surface area contributed by atoms with E-state index in [0.29, 0.717) is 26.1 Å². The molecule has 1 aliphatic heterocycles. The van der Waals surface area contributed by atoms with Crippen molar-refractivity contribution in [2.24, 2.45) is 0 Å². The van der Waals surface area contributed by atoms with Gasteiger partial charge in [0.25, 0.3) is 0 Å². The first-order chi connectivity index (χ1) is 13.2. The van der Waals surface area contributed by atoms with Crippen LogP contribution in [0.1, 0.15) is 43.7 Å². The van der Waals surface area contributed by atoms with Crippen LogP contribution in [0.5, 0.6) is 5.75 Å². The molecule has 0 atom stereocenters. The van der Waals surface area contributed by atoms with E-state index >= 15 is 0 Å². The summed E-state index contributed by atoms with van der Waals surface area (Å²) >= 11 is 0. The summed E-state index contributed by atoms with van der Waals surface area (Å²) in [6, 6.07) is 15.9. The maximum absolute atomic E-state index is 13.3. The van der Waals surface area contributed by atoms with E-state index in [1.54, 1.807) is 0 Å². The average Bonchev–Trinajstić information content (AvgIpc) is 2.71. The third kappa shape index (κ3) is 4.51. The highest BCUT2D eigenvalue weighted by Crippen LogP contribution is 2.36. The summed E-state index contributed by atoms with van der Waals surface area (Å²) in [5.41, 5.74) is 2.36. The predicted molar refractivity (Wildman–Crippen MR) is 108 cm³/mol. The molecule has 1 heterocycles. The molecule has 2 aromatic carbocycles. The van der Waals surface area contributed by atoms with Crippen molar-refractivity contribution >= 4 is 11.6 Å². The van der Waals surface area contributed by atoms with Crippen LogP contribution in [0.4, 0.5) is 5.69 Å². The van der Waals surface area contributed by atoms with Crippen LogP contribution < -0.4 is 10.1 Å². The second kappa shape index (κ2) is 9.05. The molecule has 4 heteroatoms. The lowest BCUT2D eigenvalue weighted by atomic mass is 9.73. The Labute approximate surface area is 161 Å². The van der Waals surface area contributed by atoms with Gasteiger partial charge in [0.2, 0.25) is 5.91 Å². The first-order valence-corrected chi connectivity index (χ1v) is 9.84. The van der Waals surface area contributed by atoms with Crippen LogP contribution in [0, 0.1) is 6.92 Å². The van der Waals surface area contributed by atoms with E-state index in [1.165, 1.54) is 0 Å². The number of carbonyl (C=O) groups is 1. The first kappa shape index (κ1) is 19.4. The Kier molecular flexibility index (Phi) is 6.51. The molecule has 3 rings (SSSR count). The monoisotopic (exact) mass is 367 g/mol. The van der Waals surface area contributed by atoms with Gasteiger partial charge in [-0.05, 0) is 55.5 Å². The summed E-state index contributed by atoms with van der Waals surface area (Å²) in [7, 11) is 0. The zero-order valence-corrected chi connectivity index (χ0v) is 16.3. The largest absolute Gasteiger partial charge is 0.493 e. The van der Waals surface area contributed by atoms with Gasteiger partial charge in [-0.3, -0.25) is 4.79 Å². The molecule has 0 saturated carbocycles. The van der Waals surface area contributed by atoms with Crippen molar-refractivity contribution in [1.29, 1.82) is 0 Å². The Balaban J connectivity index is 1.77. The van der Waals surface area contributed by atoms with E-state index in [2.05, 4.69) is 12.2 Å². The molecule has 0 spiro atoms. The molecule has 1 aliphatic rings. The third-order valence-electron chi connectivity index (χ3n) is 5.30. The summed E-state index contributed by atoms with van der Waals surface area (Å²) in [6.45, 7) is 6.09. The molecule has 2 aromatic rings. The average molecular weight is 367 g/mol. The standard InChI is InChI=1S/C23H29NO3/c1-3-4-14-27-21-11-10-20(17-18(21)2)24-22(25)23(12-15-26-16-13-23)19-8-6-5-7-9-19/h5-11,17H,3-4,12-16H2,1-2H3,(H,24,25). The minimum Gasteiger partial charge on any atom is -0.493 e. The second-order valence-corrected chi connectivity index (χ2v) is 7.20. The van der Waals surface area contributed by atoms with Crippen LogP contribution in [0.2, 0.25) is 0 Å². The molecule has 1 saturated heterocycles. The minimum atomic E-state index is -0.538. The third-order valence-corrected chi connectivity index (χ3v) is 5.30. The van der Waals surface area contributed by atoms with Gasteiger partial charge in [0.1, 0.15) is 5.75 Å².